The number of carbonyl (C=O) groups is 6. The van der Waals surface area contributed by atoms with Gasteiger partial charge in [0, 0.05) is 12.2 Å². The number of aromatic hydroxyl groups is 1. The Kier molecular flexibility index (Phi) is 11.5. The number of thiol groups is 1. The molecule has 15 heteroatoms. The average Bonchev–Trinajstić information content (AvgIpc) is 2.76. The number of carbonyl (C=O) groups excluding carboxylic acids is 5. The number of phenols is 1. The molecule has 0 spiro atoms. The lowest BCUT2D eigenvalue weighted by molar-refractivity contribution is -0.142. The average molecular weight is 513 g/mol. The zero-order valence-corrected chi connectivity index (χ0v) is 19.4. The lowest BCUT2D eigenvalue weighted by atomic mass is 10.1. The van der Waals surface area contributed by atoms with Gasteiger partial charge in [-0.1, -0.05) is 12.1 Å². The van der Waals surface area contributed by atoms with Gasteiger partial charge in [0.15, 0.2) is 0 Å². The molecule has 4 atom stereocenters. The highest BCUT2D eigenvalue weighted by molar-refractivity contribution is 7.80. The van der Waals surface area contributed by atoms with Crippen molar-refractivity contribution < 1.29 is 39.0 Å². The molecule has 4 unspecified atom stereocenters. The summed E-state index contributed by atoms with van der Waals surface area (Å²) >= 11 is 3.99. The maximum absolute atomic E-state index is 12.7. The van der Waals surface area contributed by atoms with Crippen molar-refractivity contribution in [1.29, 1.82) is 0 Å². The Morgan fingerprint density at radius 1 is 0.800 bits per heavy atom. The van der Waals surface area contributed by atoms with Gasteiger partial charge < -0.3 is 43.4 Å². The molecule has 0 fully saturated rings. The minimum atomic E-state index is -1.54. The van der Waals surface area contributed by atoms with E-state index in [4.69, 9.17) is 17.2 Å². The molecule has 1 rings (SSSR count). The van der Waals surface area contributed by atoms with Crippen LogP contribution in [0.4, 0.5) is 0 Å². The summed E-state index contributed by atoms with van der Waals surface area (Å²) in [5, 5.41) is 25.5. The molecule has 14 nitrogen and oxygen atoms in total. The highest BCUT2D eigenvalue weighted by Crippen LogP contribution is 2.11. The van der Waals surface area contributed by atoms with Gasteiger partial charge in [-0.25, -0.2) is 4.79 Å². The standard InChI is InChI=1S/C20H28N6O8S/c21-11(6-15(22)28)17(30)24-12(7-16(23)29)18(31)26-14(8-35)19(32)25-13(20(33)34)5-9-1-3-10(27)4-2-9/h1-4,11-14,27,35H,5-8,21H2,(H2,22,28)(H2,23,29)(H,24,30)(H,25,32)(H,26,31)(H,33,34). The highest BCUT2D eigenvalue weighted by atomic mass is 32.1. The number of rotatable bonds is 14. The SMILES string of the molecule is NC(=O)CC(N)C(=O)NC(CC(N)=O)C(=O)NC(CS)C(=O)NC(Cc1ccc(O)cc1)C(=O)O. The number of benzene rings is 1. The van der Waals surface area contributed by atoms with Gasteiger partial charge in [-0.15, -0.1) is 0 Å². The van der Waals surface area contributed by atoms with Crippen LogP contribution in [0.2, 0.25) is 0 Å². The second kappa shape index (κ2) is 13.8. The third-order valence-corrected chi connectivity index (χ3v) is 4.97. The maximum Gasteiger partial charge on any atom is 0.326 e. The van der Waals surface area contributed by atoms with Crippen molar-refractivity contribution in [2.24, 2.45) is 17.2 Å². The minimum absolute atomic E-state index is 0.0179. The van der Waals surface area contributed by atoms with E-state index in [1.165, 1.54) is 24.3 Å². The topological polar surface area (TPSA) is 257 Å². The summed E-state index contributed by atoms with van der Waals surface area (Å²) in [6, 6.07) is 0.0190. The number of carboxylic acid groups (broad SMARTS) is 1. The number of hydrogen-bond acceptors (Lipinski definition) is 9. The van der Waals surface area contributed by atoms with E-state index in [-0.39, 0.29) is 17.9 Å². The molecule has 0 saturated carbocycles. The quantitative estimate of drug-likeness (QED) is 0.112. The first-order chi connectivity index (χ1) is 16.3. The molecular weight excluding hydrogens is 484 g/mol. The van der Waals surface area contributed by atoms with Gasteiger partial charge in [0.25, 0.3) is 0 Å². The van der Waals surface area contributed by atoms with Crippen LogP contribution in [0.5, 0.6) is 5.75 Å². The van der Waals surface area contributed by atoms with Gasteiger partial charge in [-0.05, 0) is 17.7 Å². The fourth-order valence-corrected chi connectivity index (χ4v) is 3.06. The Morgan fingerprint density at radius 3 is 1.77 bits per heavy atom. The van der Waals surface area contributed by atoms with Crippen LogP contribution in [-0.2, 0) is 35.2 Å². The summed E-state index contributed by atoms with van der Waals surface area (Å²) < 4.78 is 0. The van der Waals surface area contributed by atoms with Gasteiger partial charge in [-0.3, -0.25) is 24.0 Å². The summed E-state index contributed by atoms with van der Waals surface area (Å²) in [4.78, 5) is 71.3. The van der Waals surface area contributed by atoms with E-state index in [0.29, 0.717) is 5.56 Å². The smallest absolute Gasteiger partial charge is 0.326 e. The molecule has 0 saturated heterocycles. The first-order valence-corrected chi connectivity index (χ1v) is 10.8. The van der Waals surface area contributed by atoms with E-state index in [9.17, 15) is 39.0 Å². The van der Waals surface area contributed by atoms with Gasteiger partial charge in [0.2, 0.25) is 29.5 Å². The Labute approximate surface area is 205 Å². The number of aliphatic carboxylic acids is 1. The van der Waals surface area contributed by atoms with Crippen molar-refractivity contribution >= 4 is 48.1 Å². The summed E-state index contributed by atoms with van der Waals surface area (Å²) in [7, 11) is 0. The van der Waals surface area contributed by atoms with Crippen molar-refractivity contribution in [3.63, 3.8) is 0 Å². The monoisotopic (exact) mass is 512 g/mol. The van der Waals surface area contributed by atoms with Crippen molar-refractivity contribution in [2.75, 3.05) is 5.75 Å². The summed E-state index contributed by atoms with van der Waals surface area (Å²) in [5.41, 5.74) is 16.1. The molecule has 0 radical (unpaired) electrons. The Hall–Kier alpha value is -3.85. The van der Waals surface area contributed by atoms with Crippen LogP contribution in [0.1, 0.15) is 18.4 Å². The van der Waals surface area contributed by atoms with E-state index in [2.05, 4.69) is 28.6 Å². The van der Waals surface area contributed by atoms with Crippen LogP contribution in [0.25, 0.3) is 0 Å². The van der Waals surface area contributed by atoms with Crippen LogP contribution < -0.4 is 33.2 Å². The number of hydrogen-bond donors (Lipinski definition) is 9. The predicted octanol–water partition coefficient (Wildman–Crippen LogP) is -3.52. The molecule has 0 bridgehead atoms. The lowest BCUT2D eigenvalue weighted by Crippen LogP contribution is -2.58. The molecule has 0 aliphatic rings. The number of amides is 5. The van der Waals surface area contributed by atoms with Gasteiger partial charge >= 0.3 is 5.97 Å². The fourth-order valence-electron chi connectivity index (χ4n) is 2.81. The van der Waals surface area contributed by atoms with E-state index in [0.717, 1.165) is 0 Å². The third-order valence-electron chi connectivity index (χ3n) is 4.60. The first-order valence-electron chi connectivity index (χ1n) is 10.2. The Morgan fingerprint density at radius 2 is 1.29 bits per heavy atom. The van der Waals surface area contributed by atoms with Crippen LogP contribution >= 0.6 is 12.6 Å². The molecule has 35 heavy (non-hydrogen) atoms. The van der Waals surface area contributed by atoms with Crippen LogP contribution in [0.3, 0.4) is 0 Å². The molecule has 0 aliphatic carbocycles. The molecule has 5 amide bonds. The fraction of sp³-hybridized carbons (Fsp3) is 0.400. The summed E-state index contributed by atoms with van der Waals surface area (Å²) in [5.74, 6) is -6.30. The van der Waals surface area contributed by atoms with Gasteiger partial charge in [0.1, 0.15) is 23.9 Å². The van der Waals surface area contributed by atoms with E-state index < -0.39 is 72.5 Å². The summed E-state index contributed by atoms with van der Waals surface area (Å²) in [6.07, 6.45) is -1.29. The number of nitrogens with two attached hydrogens (primary N) is 3. The molecule has 0 aliphatic heterocycles. The molecule has 1 aromatic carbocycles. The van der Waals surface area contributed by atoms with E-state index in [1.54, 1.807) is 0 Å². The van der Waals surface area contributed by atoms with E-state index in [1.807, 2.05) is 0 Å². The highest BCUT2D eigenvalue weighted by Gasteiger charge is 2.31. The van der Waals surface area contributed by atoms with Crippen molar-refractivity contribution in [2.45, 2.75) is 43.4 Å². The van der Waals surface area contributed by atoms with Crippen molar-refractivity contribution in [1.82, 2.24) is 16.0 Å². The molecule has 192 valence electrons. The van der Waals surface area contributed by atoms with Gasteiger partial charge in [-0.2, -0.15) is 12.6 Å². The Bertz CT molecular complexity index is 957. The van der Waals surface area contributed by atoms with Crippen LogP contribution in [0, 0.1) is 0 Å². The van der Waals surface area contributed by atoms with Crippen LogP contribution in [0.15, 0.2) is 24.3 Å². The number of phenolic OH excluding ortho intramolecular Hbond substituents is 1. The normalized spacial score (nSPS) is 14.0. The zero-order chi connectivity index (χ0) is 26.7. The lowest BCUT2D eigenvalue weighted by Gasteiger charge is -2.24. The first kappa shape index (κ1) is 29.2. The second-order valence-corrected chi connectivity index (χ2v) is 7.89. The minimum Gasteiger partial charge on any atom is -0.508 e. The maximum atomic E-state index is 12.7. The molecule has 0 aromatic heterocycles. The van der Waals surface area contributed by atoms with Crippen molar-refractivity contribution in [3.8, 4) is 5.75 Å². The molecule has 1 aromatic rings. The second-order valence-electron chi connectivity index (χ2n) is 7.52. The molecule has 0 heterocycles. The number of nitrogens with one attached hydrogen (secondary N) is 3. The molecule has 11 N–H and O–H groups in total. The number of primary amides is 2. The zero-order valence-electron chi connectivity index (χ0n) is 18.5. The van der Waals surface area contributed by atoms with Crippen molar-refractivity contribution in [3.05, 3.63) is 29.8 Å². The largest absolute Gasteiger partial charge is 0.508 e. The van der Waals surface area contributed by atoms with Crippen LogP contribution in [-0.4, -0.2) is 75.6 Å². The van der Waals surface area contributed by atoms with E-state index >= 15 is 0 Å². The molecular formula is C20H28N6O8S. The summed E-state index contributed by atoms with van der Waals surface area (Å²) in [6.45, 7) is 0. The number of carboxylic acids is 1. The van der Waals surface area contributed by atoms with Gasteiger partial charge in [0.05, 0.1) is 18.9 Å². The predicted molar refractivity (Wildman–Crippen MR) is 125 cm³/mol. The third kappa shape index (κ3) is 10.3. The Balaban J connectivity index is 2.89.